The topological polar surface area (TPSA) is 65.7 Å². The zero-order valence-electron chi connectivity index (χ0n) is 16.6. The molecule has 1 aromatic carbocycles. The molecule has 2 fully saturated rings. The maximum Gasteiger partial charge on any atom is 0.277 e. The van der Waals surface area contributed by atoms with Crippen molar-refractivity contribution in [2.24, 2.45) is 0 Å². The first-order valence-corrected chi connectivity index (χ1v) is 11.0. The first kappa shape index (κ1) is 20.2. The molecular formula is C20H26FN5O2S. The van der Waals surface area contributed by atoms with E-state index in [2.05, 4.69) is 20.0 Å². The van der Waals surface area contributed by atoms with Crippen molar-refractivity contribution in [3.8, 4) is 0 Å². The number of nitrogens with zero attached hydrogens (tertiary/aromatic N) is 5. The number of hydrogen-bond donors (Lipinski definition) is 0. The molecule has 2 aromatic rings. The number of thioether (sulfide) groups is 1. The van der Waals surface area contributed by atoms with Gasteiger partial charge in [-0.05, 0) is 37.1 Å². The van der Waals surface area contributed by atoms with Gasteiger partial charge in [-0.25, -0.2) is 4.39 Å². The Morgan fingerprint density at radius 2 is 1.93 bits per heavy atom. The number of likely N-dealkylation sites (tertiary alicyclic amines) is 1. The van der Waals surface area contributed by atoms with Gasteiger partial charge >= 0.3 is 0 Å². The molecular weight excluding hydrogens is 393 g/mol. The zero-order valence-corrected chi connectivity index (χ0v) is 17.4. The number of halogens is 1. The van der Waals surface area contributed by atoms with Crippen LogP contribution in [0.2, 0.25) is 0 Å². The van der Waals surface area contributed by atoms with Crippen LogP contribution in [0.5, 0.6) is 0 Å². The van der Waals surface area contributed by atoms with E-state index >= 15 is 0 Å². The van der Waals surface area contributed by atoms with E-state index in [1.54, 1.807) is 6.92 Å². The van der Waals surface area contributed by atoms with Crippen LogP contribution >= 0.6 is 11.8 Å². The van der Waals surface area contributed by atoms with Crippen LogP contribution in [0.15, 0.2) is 33.9 Å². The molecule has 3 heterocycles. The van der Waals surface area contributed by atoms with Gasteiger partial charge in [-0.15, -0.1) is 10.2 Å². The lowest BCUT2D eigenvalue weighted by Gasteiger charge is -2.44. The van der Waals surface area contributed by atoms with E-state index in [1.807, 2.05) is 17.0 Å². The van der Waals surface area contributed by atoms with E-state index in [0.29, 0.717) is 22.9 Å². The monoisotopic (exact) mass is 419 g/mol. The summed E-state index contributed by atoms with van der Waals surface area (Å²) in [6.45, 7) is 7.09. The van der Waals surface area contributed by atoms with Gasteiger partial charge in [0.2, 0.25) is 11.8 Å². The maximum atomic E-state index is 13.1. The van der Waals surface area contributed by atoms with Gasteiger partial charge in [0.15, 0.2) is 0 Å². The number of benzene rings is 1. The minimum Gasteiger partial charge on any atom is -0.416 e. The van der Waals surface area contributed by atoms with Crippen LogP contribution < -0.4 is 4.90 Å². The van der Waals surface area contributed by atoms with Crippen molar-refractivity contribution < 1.29 is 13.6 Å². The summed E-state index contributed by atoms with van der Waals surface area (Å²) < 4.78 is 18.5. The lowest BCUT2D eigenvalue weighted by molar-refractivity contribution is -0.130. The molecule has 1 atom stereocenters. The first-order chi connectivity index (χ1) is 14.1. The van der Waals surface area contributed by atoms with Crippen LogP contribution in [-0.2, 0) is 4.79 Å². The smallest absolute Gasteiger partial charge is 0.277 e. The molecule has 9 heteroatoms. The summed E-state index contributed by atoms with van der Waals surface area (Å²) in [5.74, 6) is 0.761. The molecule has 4 rings (SSSR count). The van der Waals surface area contributed by atoms with Crippen molar-refractivity contribution in [1.29, 1.82) is 0 Å². The molecule has 2 saturated heterocycles. The third-order valence-electron chi connectivity index (χ3n) is 5.60. The summed E-state index contributed by atoms with van der Waals surface area (Å²) >= 11 is 1.30. The van der Waals surface area contributed by atoms with Crippen LogP contribution in [0.3, 0.4) is 0 Å². The fourth-order valence-electron chi connectivity index (χ4n) is 4.03. The molecule has 1 aromatic heterocycles. The molecule has 0 aliphatic carbocycles. The van der Waals surface area contributed by atoms with Crippen LogP contribution in [0.1, 0.15) is 18.7 Å². The van der Waals surface area contributed by atoms with Crippen LogP contribution in [-0.4, -0.2) is 77.0 Å². The third-order valence-corrected chi connectivity index (χ3v) is 6.40. The Kier molecular flexibility index (Phi) is 6.34. The molecule has 7 nitrogen and oxygen atoms in total. The van der Waals surface area contributed by atoms with Crippen molar-refractivity contribution in [3.05, 3.63) is 36.0 Å². The second-order valence-corrected chi connectivity index (χ2v) is 8.44. The minimum absolute atomic E-state index is 0.125. The fourth-order valence-corrected chi connectivity index (χ4v) is 4.74. The van der Waals surface area contributed by atoms with E-state index in [-0.39, 0.29) is 11.7 Å². The Labute approximate surface area is 174 Å². The average Bonchev–Trinajstić information content (AvgIpc) is 3.18. The van der Waals surface area contributed by atoms with Gasteiger partial charge in [-0.1, -0.05) is 11.8 Å². The highest BCUT2D eigenvalue weighted by atomic mass is 32.2. The van der Waals surface area contributed by atoms with Crippen LogP contribution in [0.4, 0.5) is 10.1 Å². The molecule has 1 amide bonds. The summed E-state index contributed by atoms with van der Waals surface area (Å²) in [4.78, 5) is 19.4. The number of rotatable bonds is 5. The number of hydrogen-bond acceptors (Lipinski definition) is 7. The summed E-state index contributed by atoms with van der Waals surface area (Å²) in [6, 6.07) is 7.11. The van der Waals surface area contributed by atoms with Gasteiger partial charge in [-0.2, -0.15) is 0 Å². The largest absolute Gasteiger partial charge is 0.416 e. The highest BCUT2D eigenvalue weighted by Gasteiger charge is 2.30. The number of amides is 1. The van der Waals surface area contributed by atoms with Crippen LogP contribution in [0.25, 0.3) is 0 Å². The van der Waals surface area contributed by atoms with Crippen LogP contribution in [0, 0.1) is 12.7 Å². The molecule has 0 spiro atoms. The van der Waals surface area contributed by atoms with Crippen molar-refractivity contribution in [1.82, 2.24) is 20.0 Å². The normalized spacial score (nSPS) is 20.8. The van der Waals surface area contributed by atoms with Crippen molar-refractivity contribution in [2.75, 3.05) is 49.9 Å². The predicted octanol–water partition coefficient (Wildman–Crippen LogP) is 2.42. The summed E-state index contributed by atoms with van der Waals surface area (Å²) in [5.41, 5.74) is 1.07. The number of anilines is 1. The lowest BCUT2D eigenvalue weighted by atomic mass is 10.0. The molecule has 2 aliphatic heterocycles. The van der Waals surface area contributed by atoms with Gasteiger partial charge < -0.3 is 14.2 Å². The Hall–Kier alpha value is -2.13. The standard InChI is InChI=1S/C20H26FN5O2S/c1-15-22-23-20(28-15)29-14-19(27)26-8-2-3-18(13-26)25-11-9-24(10-12-25)17-6-4-16(21)5-7-17/h4-7,18H,2-3,8-14H2,1H3/t18-/m1/s1. The van der Waals surface area contributed by atoms with E-state index < -0.39 is 0 Å². The highest BCUT2D eigenvalue weighted by Crippen LogP contribution is 2.23. The Morgan fingerprint density at radius 3 is 2.62 bits per heavy atom. The van der Waals surface area contributed by atoms with Crippen molar-refractivity contribution in [2.45, 2.75) is 31.0 Å². The van der Waals surface area contributed by atoms with Gasteiger partial charge in [0.1, 0.15) is 5.82 Å². The number of carbonyl (C=O) groups excluding carboxylic acids is 1. The Balaban J connectivity index is 1.26. The number of piperidine rings is 1. The van der Waals surface area contributed by atoms with E-state index in [4.69, 9.17) is 4.42 Å². The molecule has 0 radical (unpaired) electrons. The van der Waals surface area contributed by atoms with E-state index in [1.165, 1.54) is 23.9 Å². The molecule has 0 saturated carbocycles. The number of carbonyl (C=O) groups is 1. The number of piperazine rings is 1. The second kappa shape index (κ2) is 9.13. The molecule has 0 bridgehead atoms. The quantitative estimate of drug-likeness (QED) is 0.690. The first-order valence-electron chi connectivity index (χ1n) is 10.0. The summed E-state index contributed by atoms with van der Waals surface area (Å²) in [7, 11) is 0. The fraction of sp³-hybridized carbons (Fsp3) is 0.550. The predicted molar refractivity (Wildman–Crippen MR) is 110 cm³/mol. The maximum absolute atomic E-state index is 13.1. The van der Waals surface area contributed by atoms with E-state index in [9.17, 15) is 9.18 Å². The number of aryl methyl sites for hydroxylation is 1. The molecule has 0 N–H and O–H groups in total. The zero-order chi connectivity index (χ0) is 20.2. The van der Waals surface area contributed by atoms with Gasteiger partial charge in [0, 0.05) is 57.9 Å². The molecule has 156 valence electrons. The minimum atomic E-state index is -0.202. The Bertz CT molecular complexity index is 823. The summed E-state index contributed by atoms with van der Waals surface area (Å²) in [6.07, 6.45) is 2.15. The molecule has 2 aliphatic rings. The van der Waals surface area contributed by atoms with Gasteiger partial charge in [0.25, 0.3) is 5.22 Å². The van der Waals surface area contributed by atoms with E-state index in [0.717, 1.165) is 57.8 Å². The Morgan fingerprint density at radius 1 is 1.17 bits per heavy atom. The lowest BCUT2D eigenvalue weighted by Crippen LogP contribution is -2.56. The third kappa shape index (κ3) is 5.08. The van der Waals surface area contributed by atoms with Gasteiger partial charge in [0.05, 0.1) is 5.75 Å². The van der Waals surface area contributed by atoms with Gasteiger partial charge in [-0.3, -0.25) is 9.69 Å². The second-order valence-electron chi connectivity index (χ2n) is 7.51. The highest BCUT2D eigenvalue weighted by molar-refractivity contribution is 7.99. The molecule has 0 unspecified atom stereocenters. The number of aromatic nitrogens is 2. The van der Waals surface area contributed by atoms with Crippen molar-refractivity contribution >= 4 is 23.4 Å². The van der Waals surface area contributed by atoms with Crippen molar-refractivity contribution in [3.63, 3.8) is 0 Å². The summed E-state index contributed by atoms with van der Waals surface area (Å²) in [5, 5.41) is 8.17. The SMILES string of the molecule is Cc1nnc(SCC(=O)N2CCC[C@@H](N3CCN(c4ccc(F)cc4)CC3)C2)o1. The average molecular weight is 420 g/mol. The molecule has 29 heavy (non-hydrogen) atoms.